The maximum atomic E-state index is 12.7. The standard InChI is InChI=1S/C8H10FNO/c1-10-7-3-6(9)4-8(5-7)11-2/h3-5,10H,1-2H3. The number of hydrogen-bond donors (Lipinski definition) is 1. The zero-order chi connectivity index (χ0) is 8.27. The van der Waals surface area contributed by atoms with Crippen molar-refractivity contribution in [3.63, 3.8) is 0 Å². The average Bonchev–Trinajstić information content (AvgIpc) is 2.03. The summed E-state index contributed by atoms with van der Waals surface area (Å²) in [7, 11) is 3.24. The number of hydrogen-bond acceptors (Lipinski definition) is 2. The lowest BCUT2D eigenvalue weighted by atomic mass is 10.3. The van der Waals surface area contributed by atoms with E-state index in [0.717, 1.165) is 0 Å². The van der Waals surface area contributed by atoms with Crippen LogP contribution in [0.3, 0.4) is 0 Å². The lowest BCUT2D eigenvalue weighted by Gasteiger charge is -2.03. The Labute approximate surface area is 65.0 Å². The minimum Gasteiger partial charge on any atom is -0.497 e. The highest BCUT2D eigenvalue weighted by Gasteiger charge is 1.97. The van der Waals surface area contributed by atoms with Gasteiger partial charge in [0.15, 0.2) is 0 Å². The predicted octanol–water partition coefficient (Wildman–Crippen LogP) is 1.88. The maximum absolute atomic E-state index is 12.7. The van der Waals surface area contributed by atoms with Gasteiger partial charge in [-0.1, -0.05) is 0 Å². The molecule has 1 aromatic carbocycles. The molecule has 0 heterocycles. The summed E-state index contributed by atoms with van der Waals surface area (Å²) < 4.78 is 17.5. The van der Waals surface area contributed by atoms with Gasteiger partial charge in [0.1, 0.15) is 11.6 Å². The van der Waals surface area contributed by atoms with Gasteiger partial charge in [0.2, 0.25) is 0 Å². The third-order valence-electron chi connectivity index (χ3n) is 1.40. The number of anilines is 1. The summed E-state index contributed by atoms with van der Waals surface area (Å²) in [6.07, 6.45) is 0. The van der Waals surface area contributed by atoms with Crippen LogP contribution in [0.2, 0.25) is 0 Å². The zero-order valence-electron chi connectivity index (χ0n) is 6.52. The van der Waals surface area contributed by atoms with E-state index in [1.54, 1.807) is 13.1 Å². The second-order valence-electron chi connectivity index (χ2n) is 2.13. The number of ether oxygens (including phenoxy) is 1. The monoisotopic (exact) mass is 155 g/mol. The van der Waals surface area contributed by atoms with Crippen molar-refractivity contribution < 1.29 is 9.13 Å². The van der Waals surface area contributed by atoms with Crippen LogP contribution in [0.5, 0.6) is 5.75 Å². The van der Waals surface area contributed by atoms with Crippen LogP contribution in [0.25, 0.3) is 0 Å². The van der Waals surface area contributed by atoms with Gasteiger partial charge in [-0.15, -0.1) is 0 Å². The van der Waals surface area contributed by atoms with Gasteiger partial charge in [0.05, 0.1) is 7.11 Å². The smallest absolute Gasteiger partial charge is 0.128 e. The second-order valence-corrected chi connectivity index (χ2v) is 2.13. The molecule has 60 valence electrons. The van der Waals surface area contributed by atoms with E-state index in [1.165, 1.54) is 19.2 Å². The van der Waals surface area contributed by atoms with E-state index in [2.05, 4.69) is 5.32 Å². The Morgan fingerprint density at radius 3 is 2.64 bits per heavy atom. The van der Waals surface area contributed by atoms with Crippen LogP contribution in [0.4, 0.5) is 10.1 Å². The molecule has 11 heavy (non-hydrogen) atoms. The van der Waals surface area contributed by atoms with Gasteiger partial charge < -0.3 is 10.1 Å². The van der Waals surface area contributed by atoms with Gasteiger partial charge in [-0.05, 0) is 6.07 Å². The Morgan fingerprint density at radius 2 is 2.09 bits per heavy atom. The molecule has 0 amide bonds. The fourth-order valence-corrected chi connectivity index (χ4v) is 0.825. The molecule has 0 atom stereocenters. The number of rotatable bonds is 2. The highest BCUT2D eigenvalue weighted by molar-refractivity contribution is 5.48. The third-order valence-corrected chi connectivity index (χ3v) is 1.40. The molecule has 1 N–H and O–H groups in total. The third kappa shape index (κ3) is 1.83. The molecule has 0 spiro atoms. The van der Waals surface area contributed by atoms with Crippen LogP contribution >= 0.6 is 0 Å². The minimum atomic E-state index is -0.297. The zero-order valence-corrected chi connectivity index (χ0v) is 6.52. The number of methoxy groups -OCH3 is 1. The largest absolute Gasteiger partial charge is 0.497 e. The van der Waals surface area contributed by atoms with Gasteiger partial charge >= 0.3 is 0 Å². The van der Waals surface area contributed by atoms with Gasteiger partial charge in [-0.25, -0.2) is 4.39 Å². The fraction of sp³-hybridized carbons (Fsp3) is 0.250. The van der Waals surface area contributed by atoms with E-state index >= 15 is 0 Å². The topological polar surface area (TPSA) is 21.3 Å². The van der Waals surface area contributed by atoms with E-state index in [-0.39, 0.29) is 5.82 Å². The van der Waals surface area contributed by atoms with E-state index in [9.17, 15) is 4.39 Å². The molecular formula is C8H10FNO. The number of nitrogens with one attached hydrogen (secondary N) is 1. The summed E-state index contributed by atoms with van der Waals surface area (Å²) in [5.74, 6) is 0.225. The molecule has 0 saturated carbocycles. The number of benzene rings is 1. The van der Waals surface area contributed by atoms with Crippen LogP contribution in [0, 0.1) is 5.82 Å². The van der Waals surface area contributed by atoms with Crippen molar-refractivity contribution >= 4 is 5.69 Å². The Kier molecular flexibility index (Phi) is 2.31. The maximum Gasteiger partial charge on any atom is 0.128 e. The van der Waals surface area contributed by atoms with E-state index in [4.69, 9.17) is 4.74 Å². The van der Waals surface area contributed by atoms with Gasteiger partial charge in [0.25, 0.3) is 0 Å². The molecule has 0 aliphatic carbocycles. The SMILES string of the molecule is CNc1cc(F)cc(OC)c1. The Balaban J connectivity index is 3.02. The molecular weight excluding hydrogens is 145 g/mol. The quantitative estimate of drug-likeness (QED) is 0.704. The van der Waals surface area contributed by atoms with E-state index in [0.29, 0.717) is 11.4 Å². The molecule has 0 unspecified atom stereocenters. The summed E-state index contributed by atoms with van der Waals surface area (Å²) in [5.41, 5.74) is 0.710. The van der Waals surface area contributed by atoms with Crippen molar-refractivity contribution in [3.8, 4) is 5.75 Å². The van der Waals surface area contributed by atoms with Crippen molar-refractivity contribution in [1.82, 2.24) is 0 Å². The number of halogens is 1. The molecule has 2 nitrogen and oxygen atoms in total. The molecule has 0 aliphatic heterocycles. The Hall–Kier alpha value is -1.25. The van der Waals surface area contributed by atoms with E-state index in [1.807, 2.05) is 0 Å². The molecule has 1 rings (SSSR count). The molecule has 0 aromatic heterocycles. The lowest BCUT2D eigenvalue weighted by molar-refractivity contribution is 0.411. The second kappa shape index (κ2) is 3.23. The molecule has 0 bridgehead atoms. The van der Waals surface area contributed by atoms with Gasteiger partial charge in [-0.3, -0.25) is 0 Å². The molecule has 3 heteroatoms. The first-order valence-electron chi connectivity index (χ1n) is 3.28. The fourth-order valence-electron chi connectivity index (χ4n) is 0.825. The highest BCUT2D eigenvalue weighted by atomic mass is 19.1. The van der Waals surface area contributed by atoms with Crippen molar-refractivity contribution in [3.05, 3.63) is 24.0 Å². The summed E-state index contributed by atoms with van der Waals surface area (Å²) in [4.78, 5) is 0. The van der Waals surface area contributed by atoms with Crippen LogP contribution < -0.4 is 10.1 Å². The normalized spacial score (nSPS) is 9.36. The van der Waals surface area contributed by atoms with Gasteiger partial charge in [0, 0.05) is 24.9 Å². The molecule has 0 saturated heterocycles. The van der Waals surface area contributed by atoms with Crippen molar-refractivity contribution in [2.45, 2.75) is 0 Å². The summed E-state index contributed by atoms with van der Waals surface area (Å²) in [6.45, 7) is 0. The molecule has 0 aliphatic rings. The average molecular weight is 155 g/mol. The van der Waals surface area contributed by atoms with Crippen molar-refractivity contribution in [2.24, 2.45) is 0 Å². The van der Waals surface area contributed by atoms with E-state index < -0.39 is 0 Å². The Morgan fingerprint density at radius 1 is 1.36 bits per heavy atom. The highest BCUT2D eigenvalue weighted by Crippen LogP contribution is 2.18. The predicted molar refractivity (Wildman–Crippen MR) is 42.5 cm³/mol. The summed E-state index contributed by atoms with van der Waals surface area (Å²) in [5, 5.41) is 2.82. The first-order chi connectivity index (χ1) is 5.26. The summed E-state index contributed by atoms with van der Waals surface area (Å²) >= 11 is 0. The summed E-state index contributed by atoms with van der Waals surface area (Å²) in [6, 6.07) is 4.46. The molecule has 0 radical (unpaired) electrons. The van der Waals surface area contributed by atoms with Crippen molar-refractivity contribution in [2.75, 3.05) is 19.5 Å². The molecule has 0 fully saturated rings. The van der Waals surface area contributed by atoms with Crippen LogP contribution in [-0.4, -0.2) is 14.2 Å². The van der Waals surface area contributed by atoms with Crippen LogP contribution in [-0.2, 0) is 0 Å². The lowest BCUT2D eigenvalue weighted by Crippen LogP contribution is -1.91. The van der Waals surface area contributed by atoms with Crippen LogP contribution in [0.1, 0.15) is 0 Å². The van der Waals surface area contributed by atoms with Crippen LogP contribution in [0.15, 0.2) is 18.2 Å². The van der Waals surface area contributed by atoms with Crippen molar-refractivity contribution in [1.29, 1.82) is 0 Å². The first-order valence-corrected chi connectivity index (χ1v) is 3.28. The Bertz CT molecular complexity index is 228. The molecule has 1 aromatic rings. The van der Waals surface area contributed by atoms with Gasteiger partial charge in [-0.2, -0.15) is 0 Å². The first kappa shape index (κ1) is 7.85. The minimum absolute atomic E-state index is 0.297.